The summed E-state index contributed by atoms with van der Waals surface area (Å²) in [4.78, 5) is 10.9. The molecule has 0 saturated heterocycles. The predicted octanol–water partition coefficient (Wildman–Crippen LogP) is 0.265. The fourth-order valence-corrected chi connectivity index (χ4v) is 1.01. The summed E-state index contributed by atoms with van der Waals surface area (Å²) in [6.07, 6.45) is 0.844. The first-order chi connectivity index (χ1) is 6.07. The molecule has 1 atom stereocenters. The number of nitrogens with two attached hydrogens (primary N) is 1. The van der Waals surface area contributed by atoms with Crippen molar-refractivity contribution >= 4 is 5.91 Å². The van der Waals surface area contributed by atoms with Crippen LogP contribution in [0.15, 0.2) is 0 Å². The fraction of sp³-hybridized carbons (Fsp3) is 0.889. The van der Waals surface area contributed by atoms with E-state index >= 15 is 0 Å². The molecule has 13 heavy (non-hydrogen) atoms. The number of rotatable bonds is 7. The van der Waals surface area contributed by atoms with Crippen molar-refractivity contribution in [3.8, 4) is 0 Å². The second-order valence-electron chi connectivity index (χ2n) is 3.22. The lowest BCUT2D eigenvalue weighted by atomic mass is 10.2. The number of nitrogens with one attached hydrogen (secondary N) is 1. The van der Waals surface area contributed by atoms with Gasteiger partial charge in [0.1, 0.15) is 0 Å². The number of hydrogen-bond donors (Lipinski definition) is 2. The highest BCUT2D eigenvalue weighted by Crippen LogP contribution is 1.95. The molecular formula is C9H20N2O2. The number of carbonyl (C=O) groups is 1. The normalized spacial score (nSPS) is 13.2. The van der Waals surface area contributed by atoms with Crippen molar-refractivity contribution in [1.82, 2.24) is 5.32 Å². The van der Waals surface area contributed by atoms with Gasteiger partial charge in [0.05, 0.1) is 12.1 Å². The molecule has 0 saturated carbocycles. The summed E-state index contributed by atoms with van der Waals surface area (Å²) in [5, 5.41) is 3.00. The van der Waals surface area contributed by atoms with Gasteiger partial charge in [-0.2, -0.15) is 0 Å². The Balaban J connectivity index is 3.63. The summed E-state index contributed by atoms with van der Waals surface area (Å²) >= 11 is 0. The zero-order valence-corrected chi connectivity index (χ0v) is 8.67. The molecule has 1 unspecified atom stereocenters. The number of hydrogen-bond acceptors (Lipinski definition) is 3. The summed E-state index contributed by atoms with van der Waals surface area (Å²) in [7, 11) is 0. The van der Waals surface area contributed by atoms with Crippen LogP contribution in [0.3, 0.4) is 0 Å². The molecular weight excluding hydrogens is 168 g/mol. The predicted molar refractivity (Wildman–Crippen MR) is 52.4 cm³/mol. The van der Waals surface area contributed by atoms with Crippen LogP contribution in [0.1, 0.15) is 27.2 Å². The van der Waals surface area contributed by atoms with E-state index < -0.39 is 0 Å². The summed E-state index contributed by atoms with van der Waals surface area (Å²) in [6.45, 7) is 7.19. The van der Waals surface area contributed by atoms with Crippen molar-refractivity contribution in [2.45, 2.75) is 39.3 Å². The molecule has 0 fully saturated rings. The Morgan fingerprint density at radius 2 is 2.15 bits per heavy atom. The number of primary amides is 1. The molecule has 0 radical (unpaired) electrons. The highest BCUT2D eigenvalue weighted by molar-refractivity contribution is 5.79. The third-order valence-corrected chi connectivity index (χ3v) is 1.65. The molecule has 0 aliphatic rings. The maximum absolute atomic E-state index is 10.9. The summed E-state index contributed by atoms with van der Waals surface area (Å²) in [6, 6.07) is -0.260. The minimum Gasteiger partial charge on any atom is -0.379 e. The van der Waals surface area contributed by atoms with Crippen LogP contribution in [-0.2, 0) is 9.53 Å². The Morgan fingerprint density at radius 1 is 1.54 bits per heavy atom. The molecule has 0 aromatic rings. The Labute approximate surface area is 79.8 Å². The molecule has 0 aliphatic heterocycles. The molecule has 78 valence electrons. The first-order valence-corrected chi connectivity index (χ1v) is 4.72. The van der Waals surface area contributed by atoms with Crippen LogP contribution in [0.4, 0.5) is 0 Å². The lowest BCUT2D eigenvalue weighted by Crippen LogP contribution is -2.42. The largest absolute Gasteiger partial charge is 0.379 e. The van der Waals surface area contributed by atoms with E-state index in [0.29, 0.717) is 13.0 Å². The smallest absolute Gasteiger partial charge is 0.234 e. The van der Waals surface area contributed by atoms with E-state index in [1.165, 1.54) is 0 Å². The zero-order valence-electron chi connectivity index (χ0n) is 8.67. The van der Waals surface area contributed by atoms with Crippen molar-refractivity contribution in [2.75, 3.05) is 13.2 Å². The average Bonchev–Trinajstić information content (AvgIpc) is 2.02. The van der Waals surface area contributed by atoms with Crippen molar-refractivity contribution in [1.29, 1.82) is 0 Å². The van der Waals surface area contributed by atoms with Gasteiger partial charge in [-0.05, 0) is 26.8 Å². The van der Waals surface area contributed by atoms with Crippen LogP contribution in [-0.4, -0.2) is 31.2 Å². The fourth-order valence-electron chi connectivity index (χ4n) is 1.01. The number of ether oxygens (including phenoxy) is 1. The van der Waals surface area contributed by atoms with Crippen LogP contribution in [0.25, 0.3) is 0 Å². The lowest BCUT2D eigenvalue weighted by molar-refractivity contribution is -0.120. The quantitative estimate of drug-likeness (QED) is 0.602. The first-order valence-electron chi connectivity index (χ1n) is 4.72. The minimum atomic E-state index is -0.311. The monoisotopic (exact) mass is 188 g/mol. The molecule has 4 heteroatoms. The Morgan fingerprint density at radius 3 is 2.54 bits per heavy atom. The van der Waals surface area contributed by atoms with Gasteiger partial charge in [-0.15, -0.1) is 0 Å². The van der Waals surface area contributed by atoms with E-state index in [0.717, 1.165) is 6.54 Å². The number of carbonyl (C=O) groups excluding carboxylic acids is 1. The topological polar surface area (TPSA) is 64.3 Å². The highest BCUT2D eigenvalue weighted by atomic mass is 16.5. The van der Waals surface area contributed by atoms with Crippen molar-refractivity contribution in [2.24, 2.45) is 5.73 Å². The van der Waals surface area contributed by atoms with E-state index in [4.69, 9.17) is 10.5 Å². The van der Waals surface area contributed by atoms with Crippen LogP contribution in [0.5, 0.6) is 0 Å². The van der Waals surface area contributed by atoms with Gasteiger partial charge in [0.2, 0.25) is 5.91 Å². The molecule has 0 aromatic carbocycles. The molecule has 0 rings (SSSR count). The summed E-state index contributed by atoms with van der Waals surface area (Å²) in [5.74, 6) is -0.311. The van der Waals surface area contributed by atoms with Gasteiger partial charge in [0.25, 0.3) is 0 Å². The second kappa shape index (κ2) is 6.86. The second-order valence-corrected chi connectivity index (χ2v) is 3.22. The maximum Gasteiger partial charge on any atom is 0.234 e. The molecule has 1 amide bonds. The van der Waals surface area contributed by atoms with Gasteiger partial charge in [-0.1, -0.05) is 6.92 Å². The summed E-state index contributed by atoms with van der Waals surface area (Å²) in [5.41, 5.74) is 5.18. The summed E-state index contributed by atoms with van der Waals surface area (Å²) < 4.78 is 5.32. The van der Waals surface area contributed by atoms with E-state index in [9.17, 15) is 4.79 Å². The number of amides is 1. The van der Waals surface area contributed by atoms with Crippen LogP contribution >= 0.6 is 0 Å². The molecule has 0 spiro atoms. The average molecular weight is 188 g/mol. The lowest BCUT2D eigenvalue weighted by Gasteiger charge is -2.14. The van der Waals surface area contributed by atoms with Gasteiger partial charge in [-0.3, -0.25) is 4.79 Å². The Bertz CT molecular complexity index is 149. The molecule has 0 aromatic heterocycles. The van der Waals surface area contributed by atoms with E-state index in [2.05, 4.69) is 5.32 Å². The minimum absolute atomic E-state index is 0.204. The van der Waals surface area contributed by atoms with E-state index in [-0.39, 0.29) is 18.1 Å². The third-order valence-electron chi connectivity index (χ3n) is 1.65. The third kappa shape index (κ3) is 6.54. The van der Waals surface area contributed by atoms with Gasteiger partial charge in [-0.25, -0.2) is 0 Å². The molecule has 0 heterocycles. The van der Waals surface area contributed by atoms with Gasteiger partial charge < -0.3 is 15.8 Å². The van der Waals surface area contributed by atoms with Gasteiger partial charge >= 0.3 is 0 Å². The molecule has 4 nitrogen and oxygen atoms in total. The van der Waals surface area contributed by atoms with Crippen molar-refractivity contribution in [3.05, 3.63) is 0 Å². The highest BCUT2D eigenvalue weighted by Gasteiger charge is 2.12. The Hall–Kier alpha value is -0.610. The SMILES string of the molecule is CCNC(CCOC(C)C)C(N)=O. The maximum atomic E-state index is 10.9. The van der Waals surface area contributed by atoms with Gasteiger partial charge in [0.15, 0.2) is 0 Å². The Kier molecular flexibility index (Phi) is 6.54. The molecule has 0 aliphatic carbocycles. The van der Waals surface area contributed by atoms with Crippen LogP contribution in [0.2, 0.25) is 0 Å². The van der Waals surface area contributed by atoms with E-state index in [1.807, 2.05) is 20.8 Å². The zero-order chi connectivity index (χ0) is 10.3. The first kappa shape index (κ1) is 12.4. The molecule has 0 bridgehead atoms. The van der Waals surface area contributed by atoms with Gasteiger partial charge in [0, 0.05) is 6.61 Å². The standard InChI is InChI=1S/C9H20N2O2/c1-4-11-8(9(10)12)5-6-13-7(2)3/h7-8,11H,4-6H2,1-3H3,(H2,10,12). The van der Waals surface area contributed by atoms with Crippen LogP contribution < -0.4 is 11.1 Å². The van der Waals surface area contributed by atoms with E-state index in [1.54, 1.807) is 0 Å². The van der Waals surface area contributed by atoms with Crippen molar-refractivity contribution < 1.29 is 9.53 Å². The number of likely N-dealkylation sites (N-methyl/N-ethyl adjacent to an activating group) is 1. The molecule has 3 N–H and O–H groups in total. The van der Waals surface area contributed by atoms with Crippen LogP contribution in [0, 0.1) is 0 Å². The van der Waals surface area contributed by atoms with Crippen molar-refractivity contribution in [3.63, 3.8) is 0 Å².